The average Bonchev–Trinajstić information content (AvgIpc) is 2.66. The van der Waals surface area contributed by atoms with Crippen molar-refractivity contribution >= 4 is 33.4 Å². The number of hydrogen-bond donors (Lipinski definition) is 0. The summed E-state index contributed by atoms with van der Waals surface area (Å²) in [6.45, 7) is 0. The highest BCUT2D eigenvalue weighted by Gasteiger charge is 2.47. The Hall–Kier alpha value is -1.49. The zero-order chi connectivity index (χ0) is 13.6. The van der Waals surface area contributed by atoms with Crippen LogP contribution in [0.1, 0.15) is 12.8 Å². The lowest BCUT2D eigenvalue weighted by Crippen LogP contribution is -2.30. The Morgan fingerprint density at radius 1 is 1.11 bits per heavy atom. The number of amides is 2. The molecule has 1 aliphatic carbocycles. The molecule has 0 N–H and O–H groups in total. The van der Waals surface area contributed by atoms with Gasteiger partial charge in [-0.15, -0.1) is 0 Å². The van der Waals surface area contributed by atoms with Crippen LogP contribution in [0.25, 0.3) is 0 Å². The number of carbonyl (C=O) groups excluding carboxylic acids is 2. The lowest BCUT2D eigenvalue weighted by Gasteiger charge is -2.15. The predicted molar refractivity (Wildman–Crippen MR) is 71.9 cm³/mol. The molecule has 1 saturated heterocycles. The number of fused-ring (bicyclic) bond motifs is 1. The summed E-state index contributed by atoms with van der Waals surface area (Å²) < 4.78 is 13.5. The van der Waals surface area contributed by atoms with E-state index in [1.54, 1.807) is 0 Å². The SMILES string of the molecule is O=C1C2CC=CCC2C(=O)N1c1ccc(F)c(Br)c1. The normalized spacial score (nSPS) is 25.9. The number of carbonyl (C=O) groups is 2. The first-order valence-electron chi connectivity index (χ1n) is 6.07. The number of benzene rings is 1. The summed E-state index contributed by atoms with van der Waals surface area (Å²) in [4.78, 5) is 25.8. The van der Waals surface area contributed by atoms with E-state index >= 15 is 0 Å². The summed E-state index contributed by atoms with van der Waals surface area (Å²) in [6, 6.07) is 4.18. The maximum atomic E-state index is 13.2. The molecule has 2 atom stereocenters. The third-order valence-electron chi connectivity index (χ3n) is 3.67. The first-order valence-corrected chi connectivity index (χ1v) is 6.87. The van der Waals surface area contributed by atoms with Crippen LogP contribution in [-0.4, -0.2) is 11.8 Å². The second-order valence-corrected chi connectivity index (χ2v) is 5.62. The number of nitrogens with zero attached hydrogens (tertiary/aromatic N) is 1. The van der Waals surface area contributed by atoms with E-state index in [1.165, 1.54) is 23.1 Å². The summed E-state index contributed by atoms with van der Waals surface area (Å²) in [5.74, 6) is -1.31. The fourth-order valence-corrected chi connectivity index (χ4v) is 3.05. The molecule has 1 aliphatic heterocycles. The summed E-state index contributed by atoms with van der Waals surface area (Å²) >= 11 is 3.07. The minimum absolute atomic E-state index is 0.183. The Balaban J connectivity index is 1.99. The first kappa shape index (κ1) is 12.5. The second kappa shape index (κ2) is 4.56. The zero-order valence-electron chi connectivity index (χ0n) is 9.98. The van der Waals surface area contributed by atoms with Crippen LogP contribution in [0.2, 0.25) is 0 Å². The summed E-state index contributed by atoms with van der Waals surface area (Å²) in [5.41, 5.74) is 0.428. The molecule has 19 heavy (non-hydrogen) atoms. The number of hydrogen-bond acceptors (Lipinski definition) is 2. The van der Waals surface area contributed by atoms with Gasteiger partial charge < -0.3 is 0 Å². The summed E-state index contributed by atoms with van der Waals surface area (Å²) in [7, 11) is 0. The van der Waals surface area contributed by atoms with E-state index < -0.39 is 5.82 Å². The van der Waals surface area contributed by atoms with Crippen LogP contribution in [0.4, 0.5) is 10.1 Å². The van der Waals surface area contributed by atoms with Crippen LogP contribution in [0.15, 0.2) is 34.8 Å². The molecule has 2 amide bonds. The van der Waals surface area contributed by atoms with Gasteiger partial charge in [0.15, 0.2) is 0 Å². The first-order chi connectivity index (χ1) is 9.09. The number of anilines is 1. The molecule has 3 nitrogen and oxygen atoms in total. The van der Waals surface area contributed by atoms with Crippen molar-refractivity contribution in [1.29, 1.82) is 0 Å². The van der Waals surface area contributed by atoms with Gasteiger partial charge in [-0.1, -0.05) is 12.2 Å². The zero-order valence-corrected chi connectivity index (χ0v) is 11.6. The van der Waals surface area contributed by atoms with E-state index in [0.29, 0.717) is 18.5 Å². The molecule has 1 aromatic carbocycles. The molecule has 0 aromatic heterocycles. The third kappa shape index (κ3) is 1.92. The van der Waals surface area contributed by atoms with Gasteiger partial charge in [-0.25, -0.2) is 9.29 Å². The van der Waals surface area contributed by atoms with E-state index in [0.717, 1.165) is 0 Å². The van der Waals surface area contributed by atoms with Crippen molar-refractivity contribution in [2.24, 2.45) is 11.8 Å². The number of halogens is 2. The Bertz CT molecular complexity index is 573. The molecule has 2 unspecified atom stereocenters. The van der Waals surface area contributed by atoms with Gasteiger partial charge in [-0.2, -0.15) is 0 Å². The topological polar surface area (TPSA) is 37.4 Å². The van der Waals surface area contributed by atoms with E-state index in [9.17, 15) is 14.0 Å². The quantitative estimate of drug-likeness (QED) is 0.588. The highest BCUT2D eigenvalue weighted by Crippen LogP contribution is 2.38. The fraction of sp³-hybridized carbons (Fsp3) is 0.286. The summed E-state index contributed by atoms with van der Waals surface area (Å²) in [5, 5.41) is 0. The highest BCUT2D eigenvalue weighted by atomic mass is 79.9. The van der Waals surface area contributed by atoms with Crippen molar-refractivity contribution in [2.75, 3.05) is 4.90 Å². The average molecular weight is 324 g/mol. The Kier molecular flexibility index (Phi) is 3.01. The van der Waals surface area contributed by atoms with Crippen LogP contribution in [0, 0.1) is 17.7 Å². The highest BCUT2D eigenvalue weighted by molar-refractivity contribution is 9.10. The second-order valence-electron chi connectivity index (χ2n) is 4.77. The van der Waals surface area contributed by atoms with E-state index in [1.807, 2.05) is 12.2 Å². The standard InChI is InChI=1S/C14H11BrFNO2/c15-11-7-8(5-6-12(11)16)17-13(18)9-3-1-2-4-10(9)14(17)19/h1-2,5-7,9-10H,3-4H2. The minimum Gasteiger partial charge on any atom is -0.274 e. The van der Waals surface area contributed by atoms with E-state index in [-0.39, 0.29) is 28.1 Å². The minimum atomic E-state index is -0.415. The van der Waals surface area contributed by atoms with Gasteiger partial charge in [0.25, 0.3) is 0 Å². The molecule has 1 aromatic rings. The lowest BCUT2D eigenvalue weighted by atomic mass is 9.85. The number of imide groups is 1. The molecule has 98 valence electrons. The van der Waals surface area contributed by atoms with Crippen molar-refractivity contribution in [3.63, 3.8) is 0 Å². The van der Waals surface area contributed by atoms with Gasteiger partial charge in [0.2, 0.25) is 11.8 Å². The Labute approximate surface area is 118 Å². The van der Waals surface area contributed by atoms with Gasteiger partial charge in [-0.3, -0.25) is 9.59 Å². The maximum absolute atomic E-state index is 13.2. The van der Waals surface area contributed by atoms with Crippen LogP contribution in [0.5, 0.6) is 0 Å². The van der Waals surface area contributed by atoms with Crippen LogP contribution in [-0.2, 0) is 9.59 Å². The Morgan fingerprint density at radius 3 is 2.21 bits per heavy atom. The molecular weight excluding hydrogens is 313 g/mol. The number of rotatable bonds is 1. The van der Waals surface area contributed by atoms with Crippen LogP contribution < -0.4 is 4.90 Å². The van der Waals surface area contributed by atoms with Crippen molar-refractivity contribution in [3.8, 4) is 0 Å². The molecule has 0 bridgehead atoms. The van der Waals surface area contributed by atoms with Gasteiger partial charge >= 0.3 is 0 Å². The van der Waals surface area contributed by atoms with Gasteiger partial charge in [-0.05, 0) is 47.0 Å². The van der Waals surface area contributed by atoms with Crippen molar-refractivity contribution in [2.45, 2.75) is 12.8 Å². The van der Waals surface area contributed by atoms with E-state index in [2.05, 4.69) is 15.9 Å². The molecule has 1 heterocycles. The third-order valence-corrected chi connectivity index (χ3v) is 4.28. The molecule has 3 rings (SSSR count). The predicted octanol–water partition coefficient (Wildman–Crippen LogP) is 3.04. The fourth-order valence-electron chi connectivity index (χ4n) is 2.68. The monoisotopic (exact) mass is 323 g/mol. The maximum Gasteiger partial charge on any atom is 0.238 e. The van der Waals surface area contributed by atoms with Gasteiger partial charge in [0.05, 0.1) is 22.0 Å². The molecule has 2 aliphatic rings. The molecule has 1 fully saturated rings. The van der Waals surface area contributed by atoms with Crippen molar-refractivity contribution < 1.29 is 14.0 Å². The Morgan fingerprint density at radius 2 is 1.68 bits per heavy atom. The van der Waals surface area contributed by atoms with Crippen molar-refractivity contribution in [1.82, 2.24) is 0 Å². The van der Waals surface area contributed by atoms with Crippen LogP contribution >= 0.6 is 15.9 Å². The molecule has 0 spiro atoms. The van der Waals surface area contributed by atoms with Crippen molar-refractivity contribution in [3.05, 3.63) is 40.6 Å². The molecule has 5 heteroatoms. The largest absolute Gasteiger partial charge is 0.274 e. The van der Waals surface area contributed by atoms with Crippen LogP contribution in [0.3, 0.4) is 0 Å². The van der Waals surface area contributed by atoms with Gasteiger partial charge in [0, 0.05) is 0 Å². The molecular formula is C14H11BrFNO2. The lowest BCUT2D eigenvalue weighted by molar-refractivity contribution is -0.122. The molecule has 0 saturated carbocycles. The summed E-state index contributed by atoms with van der Waals surface area (Å²) in [6.07, 6.45) is 5.09. The van der Waals surface area contributed by atoms with E-state index in [4.69, 9.17) is 0 Å². The van der Waals surface area contributed by atoms with Gasteiger partial charge in [0.1, 0.15) is 5.82 Å². The smallest absolute Gasteiger partial charge is 0.238 e. The number of allylic oxidation sites excluding steroid dienone is 2. The molecule has 0 radical (unpaired) electrons.